The number of nitrogens with one attached hydrogen (secondary N) is 2. The van der Waals surface area contributed by atoms with Crippen molar-refractivity contribution >= 4 is 11.6 Å². The van der Waals surface area contributed by atoms with Crippen LogP contribution in [0.2, 0.25) is 0 Å². The molecule has 2 aromatic carbocycles. The Morgan fingerprint density at radius 2 is 1.92 bits per heavy atom. The number of benzene rings is 2. The summed E-state index contributed by atoms with van der Waals surface area (Å²) in [6.45, 7) is 2.14. The molecule has 1 amide bonds. The molecule has 1 unspecified atom stereocenters. The standard InChI is InChI=1S/C21H20N2O2/c1-14(20-7-4-10-25-20)23-21(24)13-22-17-8-9-19-16(12-17)11-15-5-2-3-6-18(15)19/h2-10,12,14,22H,11,13H2,1H3,(H,23,24). The van der Waals surface area contributed by atoms with Gasteiger partial charge in [-0.05, 0) is 59.9 Å². The molecule has 25 heavy (non-hydrogen) atoms. The molecule has 0 saturated heterocycles. The Labute approximate surface area is 146 Å². The Bertz CT molecular complexity index is 900. The second kappa shape index (κ2) is 6.48. The van der Waals surface area contributed by atoms with Gasteiger partial charge >= 0.3 is 0 Å². The van der Waals surface area contributed by atoms with Crippen molar-refractivity contribution in [1.82, 2.24) is 5.32 Å². The summed E-state index contributed by atoms with van der Waals surface area (Å²) in [6, 6.07) is 18.3. The first-order valence-corrected chi connectivity index (χ1v) is 8.48. The number of fused-ring (bicyclic) bond motifs is 3. The van der Waals surface area contributed by atoms with E-state index in [1.54, 1.807) is 6.26 Å². The molecule has 1 aliphatic rings. The molecule has 4 nitrogen and oxygen atoms in total. The van der Waals surface area contributed by atoms with Crippen molar-refractivity contribution < 1.29 is 9.21 Å². The molecule has 2 N–H and O–H groups in total. The third kappa shape index (κ3) is 3.15. The minimum atomic E-state index is -0.140. The fraction of sp³-hybridized carbons (Fsp3) is 0.190. The van der Waals surface area contributed by atoms with E-state index < -0.39 is 0 Å². The van der Waals surface area contributed by atoms with Gasteiger partial charge in [0.25, 0.3) is 0 Å². The average Bonchev–Trinajstić information content (AvgIpc) is 3.27. The normalized spacial score (nSPS) is 13.0. The van der Waals surface area contributed by atoms with Gasteiger partial charge in [-0.1, -0.05) is 30.3 Å². The summed E-state index contributed by atoms with van der Waals surface area (Å²) in [7, 11) is 0. The fourth-order valence-corrected chi connectivity index (χ4v) is 3.34. The SMILES string of the molecule is CC(NC(=O)CNc1ccc2c(c1)Cc1ccccc1-2)c1ccco1. The van der Waals surface area contributed by atoms with Gasteiger partial charge in [-0.2, -0.15) is 0 Å². The molecule has 0 spiro atoms. The van der Waals surface area contributed by atoms with Crippen LogP contribution >= 0.6 is 0 Å². The number of hydrogen-bond acceptors (Lipinski definition) is 3. The van der Waals surface area contributed by atoms with E-state index >= 15 is 0 Å². The summed E-state index contributed by atoms with van der Waals surface area (Å²) < 4.78 is 5.30. The monoisotopic (exact) mass is 332 g/mol. The van der Waals surface area contributed by atoms with Crippen LogP contribution in [0.5, 0.6) is 0 Å². The zero-order valence-corrected chi connectivity index (χ0v) is 14.1. The van der Waals surface area contributed by atoms with Crippen molar-refractivity contribution in [2.24, 2.45) is 0 Å². The van der Waals surface area contributed by atoms with Gasteiger partial charge in [0.05, 0.1) is 18.8 Å². The molecule has 1 aliphatic carbocycles. The molecule has 0 bridgehead atoms. The molecule has 3 aromatic rings. The lowest BCUT2D eigenvalue weighted by atomic mass is 10.1. The molecule has 1 atom stereocenters. The van der Waals surface area contributed by atoms with Crippen molar-refractivity contribution in [3.05, 3.63) is 77.7 Å². The molecule has 1 aromatic heterocycles. The molecule has 0 saturated carbocycles. The smallest absolute Gasteiger partial charge is 0.239 e. The maximum Gasteiger partial charge on any atom is 0.239 e. The summed E-state index contributed by atoms with van der Waals surface area (Å²) in [5.74, 6) is 0.691. The van der Waals surface area contributed by atoms with E-state index in [9.17, 15) is 4.79 Å². The van der Waals surface area contributed by atoms with Crippen molar-refractivity contribution in [2.75, 3.05) is 11.9 Å². The summed E-state index contributed by atoms with van der Waals surface area (Å²) in [6.07, 6.45) is 2.56. The molecule has 0 fully saturated rings. The Morgan fingerprint density at radius 1 is 1.08 bits per heavy atom. The van der Waals surface area contributed by atoms with E-state index in [1.807, 2.05) is 25.1 Å². The van der Waals surface area contributed by atoms with Crippen molar-refractivity contribution in [2.45, 2.75) is 19.4 Å². The van der Waals surface area contributed by atoms with Crippen LogP contribution in [0.3, 0.4) is 0 Å². The highest BCUT2D eigenvalue weighted by Gasteiger charge is 2.18. The zero-order chi connectivity index (χ0) is 17.2. The van der Waals surface area contributed by atoms with Crippen LogP contribution in [-0.2, 0) is 11.2 Å². The maximum absolute atomic E-state index is 12.1. The van der Waals surface area contributed by atoms with E-state index in [-0.39, 0.29) is 18.5 Å². The first-order chi connectivity index (χ1) is 12.2. The number of carbonyl (C=O) groups excluding carboxylic acids is 1. The maximum atomic E-state index is 12.1. The third-order valence-electron chi connectivity index (χ3n) is 4.59. The van der Waals surface area contributed by atoms with Gasteiger partial charge in [0.15, 0.2) is 0 Å². The summed E-state index contributed by atoms with van der Waals surface area (Å²) in [4.78, 5) is 12.1. The number of rotatable bonds is 5. The van der Waals surface area contributed by atoms with Gasteiger partial charge < -0.3 is 15.1 Å². The molecule has 126 valence electrons. The molecule has 4 heteroatoms. The van der Waals surface area contributed by atoms with Gasteiger partial charge in [0.1, 0.15) is 5.76 Å². The summed E-state index contributed by atoms with van der Waals surface area (Å²) in [5, 5.41) is 6.13. The molecule has 1 heterocycles. The number of furan rings is 1. The molecule has 0 radical (unpaired) electrons. The van der Waals surface area contributed by atoms with Crippen molar-refractivity contribution in [1.29, 1.82) is 0 Å². The molecule has 4 rings (SSSR count). The van der Waals surface area contributed by atoms with Gasteiger partial charge in [0, 0.05) is 5.69 Å². The van der Waals surface area contributed by atoms with Crippen LogP contribution in [-0.4, -0.2) is 12.5 Å². The van der Waals surface area contributed by atoms with Crippen LogP contribution in [0.4, 0.5) is 5.69 Å². The quantitative estimate of drug-likeness (QED) is 0.577. The Kier molecular flexibility index (Phi) is 4.02. The lowest BCUT2D eigenvalue weighted by Crippen LogP contribution is -2.31. The average molecular weight is 332 g/mol. The highest BCUT2D eigenvalue weighted by atomic mass is 16.3. The number of amides is 1. The topological polar surface area (TPSA) is 54.3 Å². The predicted octanol–water partition coefficient (Wildman–Crippen LogP) is 4.14. The minimum absolute atomic E-state index is 0.0623. The van der Waals surface area contributed by atoms with E-state index in [0.29, 0.717) is 0 Å². The Balaban J connectivity index is 1.38. The lowest BCUT2D eigenvalue weighted by molar-refractivity contribution is -0.120. The highest BCUT2D eigenvalue weighted by molar-refractivity contribution is 5.82. The summed E-state index contributed by atoms with van der Waals surface area (Å²) >= 11 is 0. The van der Waals surface area contributed by atoms with E-state index in [1.165, 1.54) is 22.3 Å². The number of anilines is 1. The molecular formula is C21H20N2O2. The van der Waals surface area contributed by atoms with E-state index in [4.69, 9.17) is 4.42 Å². The zero-order valence-electron chi connectivity index (χ0n) is 14.1. The second-order valence-corrected chi connectivity index (χ2v) is 6.36. The van der Waals surface area contributed by atoms with Crippen LogP contribution in [0, 0.1) is 0 Å². The van der Waals surface area contributed by atoms with Crippen LogP contribution in [0.25, 0.3) is 11.1 Å². The van der Waals surface area contributed by atoms with E-state index in [2.05, 4.69) is 47.0 Å². The van der Waals surface area contributed by atoms with Crippen LogP contribution in [0.1, 0.15) is 29.9 Å². The van der Waals surface area contributed by atoms with Gasteiger partial charge in [0.2, 0.25) is 5.91 Å². The largest absolute Gasteiger partial charge is 0.467 e. The van der Waals surface area contributed by atoms with Gasteiger partial charge in [-0.25, -0.2) is 0 Å². The first kappa shape index (κ1) is 15.5. The van der Waals surface area contributed by atoms with Crippen LogP contribution < -0.4 is 10.6 Å². The van der Waals surface area contributed by atoms with Gasteiger partial charge in [-0.15, -0.1) is 0 Å². The first-order valence-electron chi connectivity index (χ1n) is 8.48. The number of hydrogen-bond donors (Lipinski definition) is 2. The van der Waals surface area contributed by atoms with Gasteiger partial charge in [-0.3, -0.25) is 4.79 Å². The second-order valence-electron chi connectivity index (χ2n) is 6.36. The fourth-order valence-electron chi connectivity index (χ4n) is 3.34. The van der Waals surface area contributed by atoms with Crippen LogP contribution in [0.15, 0.2) is 65.3 Å². The van der Waals surface area contributed by atoms with Crippen molar-refractivity contribution in [3.8, 4) is 11.1 Å². The Morgan fingerprint density at radius 3 is 2.76 bits per heavy atom. The highest BCUT2D eigenvalue weighted by Crippen LogP contribution is 2.37. The molecular weight excluding hydrogens is 312 g/mol. The minimum Gasteiger partial charge on any atom is -0.467 e. The lowest BCUT2D eigenvalue weighted by Gasteiger charge is -2.13. The van der Waals surface area contributed by atoms with Crippen molar-refractivity contribution in [3.63, 3.8) is 0 Å². The van der Waals surface area contributed by atoms with E-state index in [0.717, 1.165) is 17.9 Å². The molecule has 0 aliphatic heterocycles. The predicted molar refractivity (Wildman–Crippen MR) is 98.4 cm³/mol. The third-order valence-corrected chi connectivity index (χ3v) is 4.59. The summed E-state index contributed by atoms with van der Waals surface area (Å²) in [5.41, 5.74) is 6.23. The Hall–Kier alpha value is -3.01. The number of carbonyl (C=O) groups is 1.